The molecular weight excluding hydrogens is 364 g/mol. The van der Waals surface area contributed by atoms with Crippen LogP contribution in [0.25, 0.3) is 0 Å². The number of alkyl halides is 1. The quantitative estimate of drug-likeness (QED) is 0.188. The molecule has 0 bridgehead atoms. The summed E-state index contributed by atoms with van der Waals surface area (Å²) in [6.45, 7) is 10.9. The van der Waals surface area contributed by atoms with E-state index in [1.807, 2.05) is 18.2 Å². The lowest BCUT2D eigenvalue weighted by Crippen LogP contribution is -2.20. The van der Waals surface area contributed by atoms with Crippen molar-refractivity contribution < 1.29 is 4.74 Å². The lowest BCUT2D eigenvalue weighted by atomic mass is 10.1. The van der Waals surface area contributed by atoms with Crippen molar-refractivity contribution in [2.45, 2.75) is 52.1 Å². The molecule has 0 heterocycles. The minimum atomic E-state index is -1.01. The van der Waals surface area contributed by atoms with Crippen LogP contribution in [0.2, 0.25) is 25.7 Å². The van der Waals surface area contributed by atoms with Crippen LogP contribution < -0.4 is 0 Å². The van der Waals surface area contributed by atoms with E-state index >= 15 is 0 Å². The zero-order valence-corrected chi connectivity index (χ0v) is 17.7. The molecule has 0 N–H and O–H groups in total. The molecule has 3 heteroatoms. The lowest BCUT2D eigenvalue weighted by molar-refractivity contribution is 0.148. The number of hydrogen-bond donors (Lipinski definition) is 0. The van der Waals surface area contributed by atoms with Crippen molar-refractivity contribution in [3.63, 3.8) is 0 Å². The smallest absolute Gasteiger partial charge is 0.0721 e. The Labute approximate surface area is 152 Å². The van der Waals surface area contributed by atoms with Gasteiger partial charge in [-0.05, 0) is 31.4 Å². The molecule has 1 nitrogen and oxygen atoms in total. The maximum absolute atomic E-state index is 5.71. The molecule has 0 amide bonds. The predicted octanol–water partition coefficient (Wildman–Crippen LogP) is 6.59. The van der Waals surface area contributed by atoms with Crippen molar-refractivity contribution >= 4 is 24.0 Å². The normalized spacial score (nSPS) is 13.4. The summed E-state index contributed by atoms with van der Waals surface area (Å²) in [6, 6.07) is 11.6. The first-order valence-corrected chi connectivity index (χ1v) is 13.2. The van der Waals surface area contributed by atoms with Crippen molar-refractivity contribution in [2.24, 2.45) is 0 Å². The van der Waals surface area contributed by atoms with Crippen LogP contribution in [0, 0.1) is 0 Å². The molecule has 0 spiro atoms. The number of hydrogen-bond acceptors (Lipinski definition) is 1. The first-order chi connectivity index (χ1) is 10.9. The fourth-order valence-electron chi connectivity index (χ4n) is 2.41. The van der Waals surface area contributed by atoms with Crippen LogP contribution in [0.3, 0.4) is 0 Å². The van der Waals surface area contributed by atoms with E-state index < -0.39 is 8.07 Å². The molecule has 0 aliphatic rings. The SMILES string of the molecule is C/C(=C\COCc1ccccc1)CC/C=C(/CBr)C[Si](C)(C)C. The van der Waals surface area contributed by atoms with Gasteiger partial charge in [0.15, 0.2) is 0 Å². The highest BCUT2D eigenvalue weighted by molar-refractivity contribution is 9.09. The molecule has 23 heavy (non-hydrogen) atoms. The predicted molar refractivity (Wildman–Crippen MR) is 109 cm³/mol. The average Bonchev–Trinajstić information content (AvgIpc) is 2.50. The number of benzene rings is 1. The molecule has 0 radical (unpaired) electrons. The van der Waals surface area contributed by atoms with Crippen LogP contribution in [0.4, 0.5) is 0 Å². The molecule has 0 aromatic heterocycles. The van der Waals surface area contributed by atoms with E-state index in [2.05, 4.69) is 66.8 Å². The molecule has 0 fully saturated rings. The van der Waals surface area contributed by atoms with Gasteiger partial charge in [-0.25, -0.2) is 0 Å². The second-order valence-electron chi connectivity index (χ2n) is 7.32. The molecule has 1 rings (SSSR count). The van der Waals surface area contributed by atoms with Gasteiger partial charge >= 0.3 is 0 Å². The van der Waals surface area contributed by atoms with E-state index in [0.29, 0.717) is 13.2 Å². The monoisotopic (exact) mass is 394 g/mol. The lowest BCUT2D eigenvalue weighted by Gasteiger charge is -2.17. The van der Waals surface area contributed by atoms with Gasteiger partial charge in [0, 0.05) is 13.4 Å². The minimum Gasteiger partial charge on any atom is -0.373 e. The summed E-state index contributed by atoms with van der Waals surface area (Å²) < 4.78 is 5.71. The van der Waals surface area contributed by atoms with Gasteiger partial charge in [-0.1, -0.05) is 89.2 Å². The Balaban J connectivity index is 2.28. The third-order valence-corrected chi connectivity index (χ3v) is 5.80. The van der Waals surface area contributed by atoms with Gasteiger partial charge in [-0.2, -0.15) is 0 Å². The van der Waals surface area contributed by atoms with Gasteiger partial charge in [0.05, 0.1) is 13.2 Å². The first-order valence-electron chi connectivity index (χ1n) is 8.42. The molecule has 0 atom stereocenters. The maximum atomic E-state index is 5.71. The molecule has 0 aliphatic heterocycles. The van der Waals surface area contributed by atoms with Crippen LogP contribution in [-0.4, -0.2) is 20.0 Å². The summed E-state index contributed by atoms with van der Waals surface area (Å²) in [5.74, 6) is 0. The zero-order chi connectivity index (χ0) is 17.1. The van der Waals surface area contributed by atoms with E-state index in [1.165, 1.54) is 17.2 Å². The van der Waals surface area contributed by atoms with Gasteiger partial charge in [0.2, 0.25) is 0 Å². The minimum absolute atomic E-state index is 0.689. The van der Waals surface area contributed by atoms with E-state index in [-0.39, 0.29) is 0 Å². The van der Waals surface area contributed by atoms with E-state index in [1.54, 1.807) is 5.57 Å². The molecule has 0 aliphatic carbocycles. The number of halogens is 1. The standard InChI is InChI=1S/C20H31BrOSi/c1-18(9-8-12-20(15-21)17-23(2,3)4)13-14-22-16-19-10-6-5-7-11-19/h5-7,10-13H,8-9,14-17H2,1-4H3/b18-13+,20-12-. The molecule has 0 saturated heterocycles. The van der Waals surface area contributed by atoms with E-state index in [9.17, 15) is 0 Å². The van der Waals surface area contributed by atoms with Crippen LogP contribution in [0.1, 0.15) is 25.3 Å². The van der Waals surface area contributed by atoms with Crippen molar-refractivity contribution in [1.29, 1.82) is 0 Å². The van der Waals surface area contributed by atoms with Gasteiger partial charge < -0.3 is 4.74 Å². The van der Waals surface area contributed by atoms with Crippen LogP contribution in [0.5, 0.6) is 0 Å². The third-order valence-electron chi connectivity index (χ3n) is 3.56. The first kappa shape index (κ1) is 20.4. The van der Waals surface area contributed by atoms with Gasteiger partial charge in [-0.3, -0.25) is 0 Å². The Morgan fingerprint density at radius 1 is 1.13 bits per heavy atom. The van der Waals surface area contributed by atoms with Crippen molar-refractivity contribution in [3.8, 4) is 0 Å². The maximum Gasteiger partial charge on any atom is 0.0721 e. The Hall–Kier alpha value is -0.643. The average molecular weight is 395 g/mol. The zero-order valence-electron chi connectivity index (χ0n) is 15.1. The van der Waals surface area contributed by atoms with Gasteiger partial charge in [0.1, 0.15) is 0 Å². The van der Waals surface area contributed by atoms with Gasteiger partial charge in [-0.15, -0.1) is 0 Å². The largest absolute Gasteiger partial charge is 0.373 e. The Kier molecular flexibility index (Phi) is 9.76. The topological polar surface area (TPSA) is 9.23 Å². The van der Waals surface area contributed by atoms with Crippen molar-refractivity contribution in [2.75, 3.05) is 11.9 Å². The molecule has 0 unspecified atom stereocenters. The van der Waals surface area contributed by atoms with E-state index in [4.69, 9.17) is 4.74 Å². The molecular formula is C20H31BrOSi. The fraction of sp³-hybridized carbons (Fsp3) is 0.500. The van der Waals surface area contributed by atoms with Crippen LogP contribution >= 0.6 is 15.9 Å². The van der Waals surface area contributed by atoms with Crippen molar-refractivity contribution in [1.82, 2.24) is 0 Å². The number of ether oxygens (including phenoxy) is 1. The highest BCUT2D eigenvalue weighted by atomic mass is 79.9. The summed E-state index contributed by atoms with van der Waals surface area (Å²) in [5.41, 5.74) is 4.21. The number of rotatable bonds is 10. The molecule has 128 valence electrons. The Morgan fingerprint density at radius 2 is 1.83 bits per heavy atom. The Bertz CT molecular complexity index is 500. The van der Waals surface area contributed by atoms with Gasteiger partial charge in [0.25, 0.3) is 0 Å². The second kappa shape index (κ2) is 11.0. The third kappa shape index (κ3) is 10.7. The number of allylic oxidation sites excluding steroid dienone is 3. The Morgan fingerprint density at radius 3 is 2.43 bits per heavy atom. The fourth-order valence-corrected chi connectivity index (χ4v) is 4.84. The van der Waals surface area contributed by atoms with Crippen LogP contribution in [-0.2, 0) is 11.3 Å². The molecule has 0 saturated carbocycles. The summed E-state index contributed by atoms with van der Waals surface area (Å²) >= 11 is 3.63. The summed E-state index contributed by atoms with van der Waals surface area (Å²) in [6.07, 6.45) is 6.89. The summed E-state index contributed by atoms with van der Waals surface area (Å²) in [7, 11) is -1.01. The molecule has 1 aromatic carbocycles. The van der Waals surface area contributed by atoms with Crippen LogP contribution in [0.15, 0.2) is 53.6 Å². The van der Waals surface area contributed by atoms with E-state index in [0.717, 1.165) is 18.2 Å². The second-order valence-corrected chi connectivity index (χ2v) is 13.4. The highest BCUT2D eigenvalue weighted by Crippen LogP contribution is 2.19. The summed E-state index contributed by atoms with van der Waals surface area (Å²) in [5, 5.41) is 1.01. The highest BCUT2D eigenvalue weighted by Gasteiger charge is 2.14. The molecule has 1 aromatic rings. The summed E-state index contributed by atoms with van der Waals surface area (Å²) in [4.78, 5) is 0. The van der Waals surface area contributed by atoms with Crippen molar-refractivity contribution in [3.05, 3.63) is 59.2 Å².